The van der Waals surface area contributed by atoms with Gasteiger partial charge in [-0.25, -0.2) is 0 Å². The van der Waals surface area contributed by atoms with Gasteiger partial charge in [-0.1, -0.05) is 13.0 Å². The number of hydrogen-bond acceptors (Lipinski definition) is 5. The maximum Gasteiger partial charge on any atom is 0.227 e. The van der Waals surface area contributed by atoms with Crippen molar-refractivity contribution in [2.24, 2.45) is 11.8 Å². The predicted octanol–water partition coefficient (Wildman–Crippen LogP) is 3.06. The molecular formula is C24H31N3O3. The molecule has 3 heterocycles. The van der Waals surface area contributed by atoms with Crippen LogP contribution in [0, 0.1) is 11.8 Å². The molecule has 1 saturated heterocycles. The number of rotatable bonds is 6. The number of likely N-dealkylation sites (tertiary alicyclic amines) is 1. The van der Waals surface area contributed by atoms with Crippen molar-refractivity contribution < 1.29 is 14.3 Å². The normalized spacial score (nSPS) is 23.9. The Kier molecular flexibility index (Phi) is 6.53. The summed E-state index contributed by atoms with van der Waals surface area (Å²) in [4.78, 5) is 19.8. The second-order valence-electron chi connectivity index (χ2n) is 8.35. The van der Waals surface area contributed by atoms with Crippen LogP contribution in [0.1, 0.15) is 31.5 Å². The van der Waals surface area contributed by atoms with Crippen LogP contribution in [0.3, 0.4) is 0 Å². The first-order valence-corrected chi connectivity index (χ1v) is 10.9. The van der Waals surface area contributed by atoms with E-state index >= 15 is 0 Å². The molecule has 2 aliphatic heterocycles. The molecule has 3 unspecified atom stereocenters. The van der Waals surface area contributed by atoms with Crippen molar-refractivity contribution in [1.82, 2.24) is 15.2 Å². The Balaban J connectivity index is 1.30. The van der Waals surface area contributed by atoms with Crippen molar-refractivity contribution in [2.45, 2.75) is 39.3 Å². The van der Waals surface area contributed by atoms with Crippen LogP contribution in [0.15, 0.2) is 42.6 Å². The Hall–Kier alpha value is -2.60. The number of hydrogen-bond donors (Lipinski definition) is 1. The third kappa shape index (κ3) is 4.93. The summed E-state index contributed by atoms with van der Waals surface area (Å²) in [7, 11) is 0. The fourth-order valence-corrected chi connectivity index (χ4v) is 4.41. The van der Waals surface area contributed by atoms with Gasteiger partial charge >= 0.3 is 0 Å². The highest BCUT2D eigenvalue weighted by Gasteiger charge is 2.32. The molecule has 30 heavy (non-hydrogen) atoms. The van der Waals surface area contributed by atoms with E-state index in [9.17, 15) is 4.79 Å². The second kappa shape index (κ2) is 9.47. The first-order valence-electron chi connectivity index (χ1n) is 10.9. The average molecular weight is 410 g/mol. The Labute approximate surface area is 178 Å². The molecule has 1 fully saturated rings. The SMILES string of the molecule is CCOc1ccc2c(c1)CC(C(=O)NC1CCN(Cc3ccccn3)CC1C)CO2. The molecule has 3 atom stereocenters. The van der Waals surface area contributed by atoms with E-state index in [-0.39, 0.29) is 17.9 Å². The Morgan fingerprint density at radius 3 is 3.00 bits per heavy atom. The minimum absolute atomic E-state index is 0.0949. The first-order chi connectivity index (χ1) is 14.6. The number of nitrogens with one attached hydrogen (secondary N) is 1. The van der Waals surface area contributed by atoms with Crippen molar-refractivity contribution in [3.05, 3.63) is 53.9 Å². The topological polar surface area (TPSA) is 63.7 Å². The van der Waals surface area contributed by atoms with Gasteiger partial charge in [0.05, 0.1) is 18.2 Å². The summed E-state index contributed by atoms with van der Waals surface area (Å²) in [6.07, 6.45) is 3.49. The fourth-order valence-electron chi connectivity index (χ4n) is 4.41. The first kappa shape index (κ1) is 20.7. The molecule has 0 spiro atoms. The minimum Gasteiger partial charge on any atom is -0.494 e. The lowest BCUT2D eigenvalue weighted by Crippen LogP contribution is -2.52. The zero-order valence-corrected chi connectivity index (χ0v) is 17.8. The lowest BCUT2D eigenvalue weighted by molar-refractivity contribution is -0.127. The van der Waals surface area contributed by atoms with E-state index in [2.05, 4.69) is 28.2 Å². The van der Waals surface area contributed by atoms with Gasteiger partial charge in [0.15, 0.2) is 0 Å². The molecular weight excluding hydrogens is 378 g/mol. The van der Waals surface area contributed by atoms with E-state index in [0.717, 1.165) is 48.8 Å². The van der Waals surface area contributed by atoms with Crippen molar-refractivity contribution in [1.29, 1.82) is 0 Å². The molecule has 1 aromatic carbocycles. The number of nitrogens with zero attached hydrogens (tertiary/aromatic N) is 2. The predicted molar refractivity (Wildman–Crippen MR) is 116 cm³/mol. The zero-order chi connectivity index (χ0) is 20.9. The second-order valence-corrected chi connectivity index (χ2v) is 8.35. The summed E-state index contributed by atoms with van der Waals surface area (Å²) in [5, 5.41) is 3.30. The molecule has 1 N–H and O–H groups in total. The van der Waals surface area contributed by atoms with Crippen LogP contribution in [-0.2, 0) is 17.8 Å². The van der Waals surface area contributed by atoms with Crippen molar-refractivity contribution in [3.8, 4) is 11.5 Å². The number of amides is 1. The van der Waals surface area contributed by atoms with E-state index in [1.54, 1.807) is 0 Å². The average Bonchev–Trinajstić information content (AvgIpc) is 2.76. The van der Waals surface area contributed by atoms with E-state index in [0.29, 0.717) is 25.6 Å². The standard InChI is InChI=1S/C24H31N3O3/c1-3-29-21-7-8-23-18(13-21)12-19(16-30-23)24(28)26-22-9-11-27(14-17(22)2)15-20-6-4-5-10-25-20/h4-8,10,13,17,19,22H,3,9,11-12,14-16H2,1-2H3,(H,26,28). The lowest BCUT2D eigenvalue weighted by atomic mass is 9.91. The van der Waals surface area contributed by atoms with Gasteiger partial charge in [-0.3, -0.25) is 14.7 Å². The van der Waals surface area contributed by atoms with E-state index in [1.165, 1.54) is 0 Å². The van der Waals surface area contributed by atoms with Gasteiger partial charge in [-0.05, 0) is 61.6 Å². The smallest absolute Gasteiger partial charge is 0.227 e. The summed E-state index contributed by atoms with van der Waals surface area (Å²) >= 11 is 0. The van der Waals surface area contributed by atoms with Crippen LogP contribution in [0.4, 0.5) is 0 Å². The quantitative estimate of drug-likeness (QED) is 0.795. The third-order valence-electron chi connectivity index (χ3n) is 6.05. The van der Waals surface area contributed by atoms with Crippen LogP contribution in [0.25, 0.3) is 0 Å². The monoisotopic (exact) mass is 409 g/mol. The van der Waals surface area contributed by atoms with Gasteiger partial charge in [0.1, 0.15) is 18.1 Å². The van der Waals surface area contributed by atoms with Crippen molar-refractivity contribution >= 4 is 5.91 Å². The highest BCUT2D eigenvalue weighted by atomic mass is 16.5. The van der Waals surface area contributed by atoms with Gasteiger partial charge < -0.3 is 14.8 Å². The van der Waals surface area contributed by atoms with Crippen LogP contribution < -0.4 is 14.8 Å². The Morgan fingerprint density at radius 1 is 1.33 bits per heavy atom. The molecule has 2 aromatic rings. The maximum atomic E-state index is 13.0. The zero-order valence-electron chi connectivity index (χ0n) is 17.8. The van der Waals surface area contributed by atoms with Gasteiger partial charge in [0, 0.05) is 31.9 Å². The molecule has 0 bridgehead atoms. The molecule has 4 rings (SSSR count). The van der Waals surface area contributed by atoms with E-state index in [4.69, 9.17) is 9.47 Å². The molecule has 0 radical (unpaired) electrons. The molecule has 0 aliphatic carbocycles. The van der Waals surface area contributed by atoms with Gasteiger partial charge in [-0.15, -0.1) is 0 Å². The van der Waals surface area contributed by atoms with E-state index in [1.807, 2.05) is 43.5 Å². The number of benzene rings is 1. The number of fused-ring (bicyclic) bond motifs is 1. The Morgan fingerprint density at radius 2 is 2.23 bits per heavy atom. The van der Waals surface area contributed by atoms with Crippen LogP contribution >= 0.6 is 0 Å². The summed E-state index contributed by atoms with van der Waals surface area (Å²) < 4.78 is 11.4. The van der Waals surface area contributed by atoms with Crippen LogP contribution in [-0.4, -0.2) is 48.1 Å². The third-order valence-corrected chi connectivity index (χ3v) is 6.05. The summed E-state index contributed by atoms with van der Waals surface area (Å²) in [5.41, 5.74) is 2.14. The summed E-state index contributed by atoms with van der Waals surface area (Å²) in [6.45, 7) is 8.03. The van der Waals surface area contributed by atoms with Crippen LogP contribution in [0.5, 0.6) is 11.5 Å². The van der Waals surface area contributed by atoms with Crippen molar-refractivity contribution in [3.63, 3.8) is 0 Å². The highest BCUT2D eigenvalue weighted by Crippen LogP contribution is 2.31. The molecule has 0 saturated carbocycles. The maximum absolute atomic E-state index is 13.0. The number of pyridine rings is 1. The fraction of sp³-hybridized carbons (Fsp3) is 0.500. The number of carbonyl (C=O) groups is 1. The number of ether oxygens (including phenoxy) is 2. The Bertz CT molecular complexity index is 858. The van der Waals surface area contributed by atoms with Crippen LogP contribution in [0.2, 0.25) is 0 Å². The number of carbonyl (C=O) groups excluding carboxylic acids is 1. The lowest BCUT2D eigenvalue weighted by Gasteiger charge is -2.38. The van der Waals surface area contributed by atoms with Crippen molar-refractivity contribution in [2.75, 3.05) is 26.3 Å². The van der Waals surface area contributed by atoms with E-state index < -0.39 is 0 Å². The molecule has 1 amide bonds. The largest absolute Gasteiger partial charge is 0.494 e. The minimum atomic E-state index is -0.159. The number of aromatic nitrogens is 1. The molecule has 6 heteroatoms. The molecule has 160 valence electrons. The molecule has 6 nitrogen and oxygen atoms in total. The van der Waals surface area contributed by atoms with Gasteiger partial charge in [-0.2, -0.15) is 0 Å². The molecule has 2 aliphatic rings. The van der Waals surface area contributed by atoms with Gasteiger partial charge in [0.25, 0.3) is 0 Å². The molecule has 1 aromatic heterocycles. The highest BCUT2D eigenvalue weighted by molar-refractivity contribution is 5.80. The number of piperidine rings is 1. The summed E-state index contributed by atoms with van der Waals surface area (Å²) in [6, 6.07) is 12.1. The van der Waals surface area contributed by atoms with Gasteiger partial charge in [0.2, 0.25) is 5.91 Å². The summed E-state index contributed by atoms with van der Waals surface area (Å²) in [5.74, 6) is 2.02.